The number of rotatable bonds is 3. The minimum absolute atomic E-state index is 0.130. The number of hydrogen-bond donors (Lipinski definition) is 0. The van der Waals surface area contributed by atoms with E-state index in [9.17, 15) is 9.59 Å². The molecule has 0 unspecified atom stereocenters. The van der Waals surface area contributed by atoms with Crippen LogP contribution in [0, 0.1) is 0 Å². The predicted octanol–water partition coefficient (Wildman–Crippen LogP) is 1.83. The van der Waals surface area contributed by atoms with Gasteiger partial charge in [0.05, 0.1) is 12.2 Å². The number of carbonyl (C=O) groups excluding carboxylic acids is 2. The second-order valence-electron chi connectivity index (χ2n) is 7.46. The molecule has 27 heavy (non-hydrogen) atoms. The van der Waals surface area contributed by atoms with Crippen LogP contribution in [0.15, 0.2) is 35.7 Å². The van der Waals surface area contributed by atoms with Crippen LogP contribution in [0.1, 0.15) is 17.8 Å². The van der Waals surface area contributed by atoms with Gasteiger partial charge >= 0.3 is 0 Å². The summed E-state index contributed by atoms with van der Waals surface area (Å²) in [6.45, 7) is 3.49. The number of fused-ring (bicyclic) bond motifs is 2. The average molecular weight is 382 g/mol. The molecule has 1 aromatic heterocycles. The molecule has 0 saturated carbocycles. The van der Waals surface area contributed by atoms with Crippen molar-refractivity contribution in [3.8, 4) is 11.3 Å². The van der Waals surface area contributed by atoms with Crippen molar-refractivity contribution in [3.05, 3.63) is 40.7 Å². The molecule has 1 aromatic carbocycles. The summed E-state index contributed by atoms with van der Waals surface area (Å²) in [6, 6.07) is 9.65. The molecule has 6 nitrogen and oxygen atoms in total. The fourth-order valence-corrected chi connectivity index (χ4v) is 5.29. The highest BCUT2D eigenvalue weighted by molar-refractivity contribution is 7.09. The Morgan fingerprint density at radius 2 is 1.78 bits per heavy atom. The van der Waals surface area contributed by atoms with Crippen molar-refractivity contribution >= 4 is 23.2 Å². The molecule has 0 N–H and O–H groups in total. The number of piperazine rings is 2. The van der Waals surface area contributed by atoms with E-state index in [1.165, 1.54) is 0 Å². The highest BCUT2D eigenvalue weighted by Crippen LogP contribution is 2.29. The summed E-state index contributed by atoms with van der Waals surface area (Å²) >= 11 is 1.66. The number of benzene rings is 1. The van der Waals surface area contributed by atoms with Crippen molar-refractivity contribution < 1.29 is 9.59 Å². The highest BCUT2D eigenvalue weighted by Gasteiger charge is 2.49. The average Bonchev–Trinajstić information content (AvgIpc) is 3.37. The van der Waals surface area contributed by atoms with Crippen LogP contribution in [-0.4, -0.2) is 69.8 Å². The molecular formula is C20H22N4O2S. The fourth-order valence-electron chi connectivity index (χ4n) is 4.44. The fraction of sp³-hybridized carbons (Fsp3) is 0.450. The minimum atomic E-state index is -0.325. The zero-order valence-electron chi connectivity index (χ0n) is 15.1. The Labute approximate surface area is 162 Å². The van der Waals surface area contributed by atoms with Crippen molar-refractivity contribution in [2.45, 2.75) is 31.5 Å². The smallest absolute Gasteiger partial charge is 0.247 e. The third-order valence-corrected chi connectivity index (χ3v) is 6.67. The van der Waals surface area contributed by atoms with Gasteiger partial charge in [-0.25, -0.2) is 4.98 Å². The maximum absolute atomic E-state index is 12.9. The number of nitrogens with zero attached hydrogens (tertiary/aromatic N) is 4. The summed E-state index contributed by atoms with van der Waals surface area (Å²) in [7, 11) is 0. The topological polar surface area (TPSA) is 56.8 Å². The van der Waals surface area contributed by atoms with E-state index in [2.05, 4.69) is 22.4 Å². The van der Waals surface area contributed by atoms with Crippen LogP contribution in [0.4, 0.5) is 0 Å². The van der Waals surface area contributed by atoms with Gasteiger partial charge in [-0.05, 0) is 12.8 Å². The Hall–Kier alpha value is -2.25. The van der Waals surface area contributed by atoms with Gasteiger partial charge in [-0.2, -0.15) is 0 Å². The van der Waals surface area contributed by atoms with E-state index in [1.54, 1.807) is 11.3 Å². The minimum Gasteiger partial charge on any atom is -0.329 e. The molecule has 7 heteroatoms. The van der Waals surface area contributed by atoms with Gasteiger partial charge in [-0.1, -0.05) is 30.3 Å². The Balaban J connectivity index is 1.29. The van der Waals surface area contributed by atoms with Crippen LogP contribution in [0.25, 0.3) is 11.3 Å². The maximum atomic E-state index is 12.9. The van der Waals surface area contributed by atoms with Gasteiger partial charge in [-0.3, -0.25) is 14.5 Å². The molecule has 0 spiro atoms. The summed E-state index contributed by atoms with van der Waals surface area (Å²) in [5.74, 6) is 0.281. The molecule has 0 radical (unpaired) electrons. The number of amides is 2. The normalized spacial score (nSPS) is 25.6. The molecule has 4 heterocycles. The molecule has 140 valence electrons. The van der Waals surface area contributed by atoms with Crippen LogP contribution in [-0.2, 0) is 16.1 Å². The van der Waals surface area contributed by atoms with Gasteiger partial charge in [0.2, 0.25) is 11.8 Å². The second kappa shape index (κ2) is 6.73. The zero-order chi connectivity index (χ0) is 18.4. The molecule has 2 amide bonds. The molecule has 3 aliphatic heterocycles. The summed E-state index contributed by atoms with van der Waals surface area (Å²) in [5, 5.41) is 3.14. The SMILES string of the molecule is O=C1[C@H]2CN(Cc3nc(-c4ccccc4)cs3)CCN2C(=O)[C@H]2CCCN12. The molecule has 2 atom stereocenters. The molecule has 0 bridgehead atoms. The van der Waals surface area contributed by atoms with E-state index >= 15 is 0 Å². The van der Waals surface area contributed by atoms with Crippen molar-refractivity contribution in [2.24, 2.45) is 0 Å². The Morgan fingerprint density at radius 3 is 2.63 bits per heavy atom. The molecule has 5 rings (SSSR count). The first-order valence-electron chi connectivity index (χ1n) is 9.54. The van der Waals surface area contributed by atoms with Gasteiger partial charge in [0.1, 0.15) is 17.1 Å². The van der Waals surface area contributed by atoms with E-state index in [-0.39, 0.29) is 23.9 Å². The van der Waals surface area contributed by atoms with Crippen molar-refractivity contribution in [2.75, 3.05) is 26.2 Å². The Bertz CT molecular complexity index is 868. The maximum Gasteiger partial charge on any atom is 0.247 e. The summed E-state index contributed by atoms with van der Waals surface area (Å²) in [5.41, 5.74) is 2.12. The van der Waals surface area contributed by atoms with Gasteiger partial charge < -0.3 is 9.80 Å². The number of carbonyl (C=O) groups is 2. The predicted molar refractivity (Wildman–Crippen MR) is 103 cm³/mol. The lowest BCUT2D eigenvalue weighted by molar-refractivity contribution is -0.163. The molecule has 3 saturated heterocycles. The highest BCUT2D eigenvalue weighted by atomic mass is 32.1. The Kier molecular flexibility index (Phi) is 4.21. The van der Waals surface area contributed by atoms with Crippen molar-refractivity contribution in [1.82, 2.24) is 19.7 Å². The summed E-state index contributed by atoms with van der Waals surface area (Å²) < 4.78 is 0. The van der Waals surface area contributed by atoms with E-state index in [0.717, 1.165) is 48.7 Å². The van der Waals surface area contributed by atoms with Gasteiger partial charge in [0.15, 0.2) is 0 Å². The van der Waals surface area contributed by atoms with Crippen molar-refractivity contribution in [3.63, 3.8) is 0 Å². The van der Waals surface area contributed by atoms with Gasteiger partial charge in [0.25, 0.3) is 0 Å². The van der Waals surface area contributed by atoms with E-state index in [0.29, 0.717) is 13.1 Å². The first-order valence-corrected chi connectivity index (χ1v) is 10.4. The third kappa shape index (κ3) is 2.95. The summed E-state index contributed by atoms with van der Waals surface area (Å²) in [4.78, 5) is 36.2. The van der Waals surface area contributed by atoms with Crippen LogP contribution >= 0.6 is 11.3 Å². The first-order chi connectivity index (χ1) is 13.2. The molecular weight excluding hydrogens is 360 g/mol. The van der Waals surface area contributed by atoms with E-state index < -0.39 is 0 Å². The van der Waals surface area contributed by atoms with Gasteiger partial charge in [0, 0.05) is 37.1 Å². The first kappa shape index (κ1) is 16.9. The molecule has 3 fully saturated rings. The largest absolute Gasteiger partial charge is 0.329 e. The van der Waals surface area contributed by atoms with Crippen molar-refractivity contribution in [1.29, 1.82) is 0 Å². The third-order valence-electron chi connectivity index (χ3n) is 5.83. The lowest BCUT2D eigenvalue weighted by Crippen LogP contribution is -2.68. The number of hydrogen-bond acceptors (Lipinski definition) is 5. The van der Waals surface area contributed by atoms with Crippen LogP contribution in [0.3, 0.4) is 0 Å². The van der Waals surface area contributed by atoms with Gasteiger partial charge in [-0.15, -0.1) is 11.3 Å². The standard InChI is InChI=1S/C20H22N4O2S/c25-19-16-7-4-8-23(16)20(26)17-11-22(9-10-24(17)19)12-18-21-15(13-27-18)14-5-2-1-3-6-14/h1-3,5-6,13,16-17H,4,7-12H2/t16-,17-/m1/s1. The quantitative estimate of drug-likeness (QED) is 0.813. The number of aromatic nitrogens is 1. The van der Waals surface area contributed by atoms with Crippen LogP contribution < -0.4 is 0 Å². The summed E-state index contributed by atoms with van der Waals surface area (Å²) in [6.07, 6.45) is 1.76. The van der Waals surface area contributed by atoms with E-state index in [1.807, 2.05) is 28.0 Å². The Morgan fingerprint density at radius 1 is 1.00 bits per heavy atom. The zero-order valence-corrected chi connectivity index (χ0v) is 15.9. The second-order valence-corrected chi connectivity index (χ2v) is 8.41. The van der Waals surface area contributed by atoms with Crippen LogP contribution in [0.2, 0.25) is 0 Å². The molecule has 2 aromatic rings. The molecule has 0 aliphatic carbocycles. The molecule has 3 aliphatic rings. The lowest BCUT2D eigenvalue weighted by Gasteiger charge is -2.47. The monoisotopic (exact) mass is 382 g/mol. The number of thiazole rings is 1. The lowest BCUT2D eigenvalue weighted by atomic mass is 10.0. The van der Waals surface area contributed by atoms with Crippen LogP contribution in [0.5, 0.6) is 0 Å². The van der Waals surface area contributed by atoms with E-state index in [4.69, 9.17) is 4.98 Å².